The van der Waals surface area contributed by atoms with Crippen molar-refractivity contribution in [3.8, 4) is 16.9 Å². The molecule has 4 nitrogen and oxygen atoms in total. The van der Waals surface area contributed by atoms with Crippen LogP contribution in [0.15, 0.2) is 42.5 Å². The van der Waals surface area contributed by atoms with Crippen LogP contribution < -0.4 is 4.74 Å². The van der Waals surface area contributed by atoms with E-state index in [1.165, 1.54) is 6.07 Å². The Labute approximate surface area is 152 Å². The van der Waals surface area contributed by atoms with Gasteiger partial charge in [-0.05, 0) is 55.5 Å². The summed E-state index contributed by atoms with van der Waals surface area (Å²) in [6.45, 7) is 4.74. The molecular formula is C21H23FO4. The van der Waals surface area contributed by atoms with E-state index < -0.39 is 5.97 Å². The molecule has 0 saturated heterocycles. The lowest BCUT2D eigenvalue weighted by atomic mass is 10.0. The fraction of sp³-hybridized carbons (Fsp3) is 0.381. The van der Waals surface area contributed by atoms with Crippen molar-refractivity contribution >= 4 is 5.97 Å². The molecule has 1 aliphatic carbocycles. The highest BCUT2D eigenvalue weighted by molar-refractivity contribution is 5.73. The lowest BCUT2D eigenvalue weighted by Gasteiger charge is -2.12. The summed E-state index contributed by atoms with van der Waals surface area (Å²) in [4.78, 5) is 10.8. The first kappa shape index (κ1) is 18.4. The molecule has 0 spiro atoms. The van der Waals surface area contributed by atoms with E-state index in [9.17, 15) is 9.18 Å². The first-order valence-corrected chi connectivity index (χ1v) is 8.80. The predicted octanol–water partition coefficient (Wildman–Crippen LogP) is 4.52. The molecule has 5 heteroatoms. The minimum Gasteiger partial charge on any atom is -0.491 e. The van der Waals surface area contributed by atoms with Gasteiger partial charge in [0.1, 0.15) is 11.6 Å². The third kappa shape index (κ3) is 4.61. The summed E-state index contributed by atoms with van der Waals surface area (Å²) < 4.78 is 25.4. The summed E-state index contributed by atoms with van der Waals surface area (Å²) in [6.07, 6.45) is 0.725. The Bertz CT molecular complexity index is 770. The van der Waals surface area contributed by atoms with Crippen LogP contribution in [0.3, 0.4) is 0 Å². The molecule has 0 bridgehead atoms. The number of halogens is 1. The fourth-order valence-electron chi connectivity index (χ4n) is 2.91. The number of carboxylic acids is 1. The number of aliphatic carboxylic acids is 1. The maximum absolute atomic E-state index is 14.2. The molecule has 138 valence electrons. The second kappa shape index (κ2) is 7.87. The molecule has 2 aromatic carbocycles. The number of carbonyl (C=O) groups is 1. The summed E-state index contributed by atoms with van der Waals surface area (Å²) >= 11 is 0. The molecular weight excluding hydrogens is 335 g/mol. The molecule has 0 heterocycles. The van der Waals surface area contributed by atoms with E-state index in [2.05, 4.69) is 0 Å². The van der Waals surface area contributed by atoms with Crippen LogP contribution in [0.25, 0.3) is 11.1 Å². The SMILES string of the molecule is CC(C)Oc1ccc(F)c(-c2ccc(COC[C@@H]3C[C@H]3C(=O)O)cc2)c1. The van der Waals surface area contributed by atoms with Gasteiger partial charge >= 0.3 is 5.97 Å². The molecule has 0 radical (unpaired) electrons. The fourth-order valence-corrected chi connectivity index (χ4v) is 2.91. The van der Waals surface area contributed by atoms with Gasteiger partial charge in [-0.15, -0.1) is 0 Å². The number of rotatable bonds is 8. The zero-order chi connectivity index (χ0) is 18.7. The first-order chi connectivity index (χ1) is 12.4. The first-order valence-electron chi connectivity index (χ1n) is 8.80. The van der Waals surface area contributed by atoms with Crippen LogP contribution in [0.4, 0.5) is 4.39 Å². The molecule has 1 aliphatic rings. The Hall–Kier alpha value is -2.40. The van der Waals surface area contributed by atoms with Crippen LogP contribution in [0.5, 0.6) is 5.75 Å². The summed E-state index contributed by atoms with van der Waals surface area (Å²) in [7, 11) is 0. The zero-order valence-corrected chi connectivity index (χ0v) is 14.9. The summed E-state index contributed by atoms with van der Waals surface area (Å²) in [5.74, 6) is -0.515. The molecule has 1 N–H and O–H groups in total. The van der Waals surface area contributed by atoms with Crippen molar-refractivity contribution in [3.05, 3.63) is 53.8 Å². The van der Waals surface area contributed by atoms with E-state index >= 15 is 0 Å². The second-order valence-electron chi connectivity index (χ2n) is 6.96. The van der Waals surface area contributed by atoms with Crippen LogP contribution in [-0.4, -0.2) is 23.8 Å². The van der Waals surface area contributed by atoms with E-state index in [0.717, 1.165) is 11.1 Å². The molecule has 1 saturated carbocycles. The van der Waals surface area contributed by atoms with Crippen molar-refractivity contribution < 1.29 is 23.8 Å². The Balaban J connectivity index is 1.60. The number of ether oxygens (including phenoxy) is 2. The smallest absolute Gasteiger partial charge is 0.306 e. The monoisotopic (exact) mass is 358 g/mol. The van der Waals surface area contributed by atoms with Crippen LogP contribution in [0.1, 0.15) is 25.8 Å². The maximum Gasteiger partial charge on any atom is 0.306 e. The normalized spacial score (nSPS) is 18.8. The molecule has 2 atom stereocenters. The summed E-state index contributed by atoms with van der Waals surface area (Å²) in [5, 5.41) is 8.87. The Morgan fingerprint density at radius 3 is 2.58 bits per heavy atom. The van der Waals surface area contributed by atoms with Gasteiger partial charge in [-0.3, -0.25) is 4.79 Å². The second-order valence-corrected chi connectivity index (χ2v) is 6.96. The third-order valence-electron chi connectivity index (χ3n) is 4.41. The summed E-state index contributed by atoms with van der Waals surface area (Å²) in [5.41, 5.74) is 2.24. The van der Waals surface area contributed by atoms with Crippen LogP contribution in [0.2, 0.25) is 0 Å². The van der Waals surface area contributed by atoms with Crippen molar-refractivity contribution in [1.82, 2.24) is 0 Å². The highest BCUT2D eigenvalue weighted by Crippen LogP contribution is 2.38. The van der Waals surface area contributed by atoms with Crippen molar-refractivity contribution in [1.29, 1.82) is 0 Å². The van der Waals surface area contributed by atoms with Gasteiger partial charge in [-0.1, -0.05) is 24.3 Å². The van der Waals surface area contributed by atoms with Gasteiger partial charge in [-0.2, -0.15) is 0 Å². The van der Waals surface area contributed by atoms with Crippen molar-refractivity contribution in [2.24, 2.45) is 11.8 Å². The zero-order valence-electron chi connectivity index (χ0n) is 14.9. The van der Waals surface area contributed by atoms with Gasteiger partial charge in [0, 0.05) is 5.56 Å². The molecule has 3 rings (SSSR count). The van der Waals surface area contributed by atoms with Gasteiger partial charge in [0.25, 0.3) is 0 Å². The van der Waals surface area contributed by atoms with E-state index in [1.54, 1.807) is 12.1 Å². The van der Waals surface area contributed by atoms with E-state index in [0.29, 0.717) is 30.9 Å². The van der Waals surface area contributed by atoms with Crippen LogP contribution in [0, 0.1) is 17.7 Å². The Morgan fingerprint density at radius 1 is 1.23 bits per heavy atom. The maximum atomic E-state index is 14.2. The van der Waals surface area contributed by atoms with E-state index in [-0.39, 0.29) is 23.8 Å². The highest BCUT2D eigenvalue weighted by atomic mass is 19.1. The standard InChI is InChI=1S/C21H23FO4/c1-13(2)26-17-7-8-20(22)18(10-17)15-5-3-14(4-6-15)11-25-12-16-9-19(16)21(23)24/h3-8,10,13,16,19H,9,11-12H2,1-2H3,(H,23,24)/t16-,19+/m0/s1. The molecule has 0 aromatic heterocycles. The highest BCUT2D eigenvalue weighted by Gasteiger charge is 2.43. The lowest BCUT2D eigenvalue weighted by Crippen LogP contribution is -2.05. The molecule has 1 fully saturated rings. The van der Waals surface area contributed by atoms with Crippen LogP contribution >= 0.6 is 0 Å². The number of hydrogen-bond donors (Lipinski definition) is 1. The summed E-state index contributed by atoms with van der Waals surface area (Å²) in [6, 6.07) is 12.3. The average molecular weight is 358 g/mol. The Kier molecular flexibility index (Phi) is 5.57. The average Bonchev–Trinajstić information content (AvgIpc) is 3.37. The van der Waals surface area contributed by atoms with E-state index in [4.69, 9.17) is 14.6 Å². The number of benzene rings is 2. The van der Waals surface area contributed by atoms with Crippen molar-refractivity contribution in [3.63, 3.8) is 0 Å². The Morgan fingerprint density at radius 2 is 1.96 bits per heavy atom. The van der Waals surface area contributed by atoms with Crippen molar-refractivity contribution in [2.45, 2.75) is 33.0 Å². The molecule has 2 aromatic rings. The minimum atomic E-state index is -0.742. The van der Waals surface area contributed by atoms with E-state index in [1.807, 2.05) is 38.1 Å². The molecule has 26 heavy (non-hydrogen) atoms. The topological polar surface area (TPSA) is 55.8 Å². The molecule has 0 unspecified atom stereocenters. The van der Waals surface area contributed by atoms with Crippen molar-refractivity contribution in [2.75, 3.05) is 6.61 Å². The minimum absolute atomic E-state index is 0.0278. The predicted molar refractivity (Wildman–Crippen MR) is 96.5 cm³/mol. The van der Waals surface area contributed by atoms with Gasteiger partial charge in [0.15, 0.2) is 0 Å². The lowest BCUT2D eigenvalue weighted by molar-refractivity contribution is -0.139. The van der Waals surface area contributed by atoms with Gasteiger partial charge in [-0.25, -0.2) is 4.39 Å². The molecule has 0 aliphatic heterocycles. The molecule has 0 amide bonds. The van der Waals surface area contributed by atoms with Crippen LogP contribution in [-0.2, 0) is 16.1 Å². The number of hydrogen-bond acceptors (Lipinski definition) is 3. The van der Waals surface area contributed by atoms with Gasteiger partial charge < -0.3 is 14.6 Å². The van der Waals surface area contributed by atoms with Gasteiger partial charge in [0.2, 0.25) is 0 Å². The van der Waals surface area contributed by atoms with Gasteiger partial charge in [0.05, 0.1) is 25.2 Å². The third-order valence-corrected chi connectivity index (χ3v) is 4.41. The number of carboxylic acid groups (broad SMARTS) is 1. The quantitative estimate of drug-likeness (QED) is 0.754. The largest absolute Gasteiger partial charge is 0.491 e.